The van der Waals surface area contributed by atoms with Crippen LogP contribution in [0.15, 0.2) is 35.2 Å². The van der Waals surface area contributed by atoms with E-state index >= 15 is 0 Å². The lowest BCUT2D eigenvalue weighted by atomic mass is 10.2. The number of amides is 1. The van der Waals surface area contributed by atoms with Crippen LogP contribution in [0.4, 0.5) is 0 Å². The molecule has 20 heavy (non-hydrogen) atoms. The molecule has 3 rings (SSSR count). The van der Waals surface area contributed by atoms with Gasteiger partial charge in [-0.1, -0.05) is 13.8 Å². The molecule has 0 aromatic carbocycles. The number of aliphatic imine (C=N–C) groups is 1. The van der Waals surface area contributed by atoms with Gasteiger partial charge in [-0.15, -0.1) is 0 Å². The molecule has 0 radical (unpaired) electrons. The molecule has 0 aliphatic carbocycles. The van der Waals surface area contributed by atoms with E-state index in [1.54, 1.807) is 18.1 Å². The van der Waals surface area contributed by atoms with Gasteiger partial charge in [0.1, 0.15) is 17.2 Å². The number of likely N-dealkylation sites (N-methyl/N-ethyl adjacent to an activating group) is 1. The summed E-state index contributed by atoms with van der Waals surface area (Å²) in [5.74, 6) is 0.964. The summed E-state index contributed by atoms with van der Waals surface area (Å²) in [4.78, 5) is 25.6. The number of nitrogens with one attached hydrogen (secondary N) is 1. The summed E-state index contributed by atoms with van der Waals surface area (Å²) in [6.45, 7) is 4.06. The third-order valence-electron chi connectivity index (χ3n) is 3.39. The third-order valence-corrected chi connectivity index (χ3v) is 3.39. The maximum Gasteiger partial charge on any atom is 0.277 e. The Bertz CT molecular complexity index is 739. The predicted molar refractivity (Wildman–Crippen MR) is 79.1 cm³/mol. The van der Waals surface area contributed by atoms with Gasteiger partial charge in [-0.25, -0.2) is 9.98 Å². The number of aromatic amines is 1. The van der Waals surface area contributed by atoms with Crippen LogP contribution in [-0.2, 0) is 4.79 Å². The fourth-order valence-electron chi connectivity index (χ4n) is 2.38. The molecule has 0 unspecified atom stereocenters. The Balaban J connectivity index is 2.06. The molecule has 1 N–H and O–H groups in total. The maximum absolute atomic E-state index is 12.2. The molecule has 5 heteroatoms. The molecule has 1 amide bonds. The molecular formula is C15H16N4O. The van der Waals surface area contributed by atoms with Crippen molar-refractivity contribution >= 4 is 28.9 Å². The number of hydrogen-bond acceptors (Lipinski definition) is 3. The van der Waals surface area contributed by atoms with Gasteiger partial charge in [-0.05, 0) is 18.2 Å². The molecule has 0 fully saturated rings. The Kier molecular flexibility index (Phi) is 2.89. The molecule has 2 aromatic rings. The van der Waals surface area contributed by atoms with Crippen molar-refractivity contribution in [3.63, 3.8) is 0 Å². The molecular weight excluding hydrogens is 252 g/mol. The van der Waals surface area contributed by atoms with Crippen molar-refractivity contribution < 1.29 is 4.79 Å². The minimum Gasteiger partial charge on any atom is -0.346 e. The highest BCUT2D eigenvalue weighted by Gasteiger charge is 2.28. The number of aromatic nitrogens is 2. The van der Waals surface area contributed by atoms with E-state index in [0.717, 1.165) is 22.4 Å². The first-order valence-electron chi connectivity index (χ1n) is 6.58. The van der Waals surface area contributed by atoms with Crippen LogP contribution in [-0.4, -0.2) is 33.7 Å². The fraction of sp³-hybridized carbons (Fsp3) is 0.267. The number of rotatable bonds is 2. The minimum atomic E-state index is -0.0630. The second-order valence-corrected chi connectivity index (χ2v) is 5.16. The van der Waals surface area contributed by atoms with Gasteiger partial charge >= 0.3 is 0 Å². The summed E-state index contributed by atoms with van der Waals surface area (Å²) in [5.41, 5.74) is 2.21. The Morgan fingerprint density at radius 1 is 1.40 bits per heavy atom. The Morgan fingerprint density at radius 2 is 2.20 bits per heavy atom. The van der Waals surface area contributed by atoms with E-state index in [0.29, 0.717) is 5.70 Å². The molecule has 102 valence electrons. The van der Waals surface area contributed by atoms with Crippen LogP contribution < -0.4 is 0 Å². The molecule has 5 nitrogen and oxygen atoms in total. The number of H-pyrrole nitrogens is 1. The second kappa shape index (κ2) is 4.59. The number of amidine groups is 1. The topological polar surface area (TPSA) is 61.4 Å². The van der Waals surface area contributed by atoms with Crippen molar-refractivity contribution in [3.05, 3.63) is 35.8 Å². The zero-order valence-electron chi connectivity index (χ0n) is 11.7. The van der Waals surface area contributed by atoms with Gasteiger partial charge in [-0.3, -0.25) is 9.69 Å². The minimum absolute atomic E-state index is 0.0630. The van der Waals surface area contributed by atoms with Crippen LogP contribution in [0.2, 0.25) is 0 Å². The molecule has 2 aromatic heterocycles. The quantitative estimate of drug-likeness (QED) is 0.850. The van der Waals surface area contributed by atoms with E-state index in [2.05, 4.69) is 15.0 Å². The van der Waals surface area contributed by atoms with E-state index < -0.39 is 0 Å². The molecule has 1 aliphatic rings. The molecule has 3 heterocycles. The Hall–Kier alpha value is -2.43. The predicted octanol–water partition coefficient (Wildman–Crippen LogP) is 2.43. The van der Waals surface area contributed by atoms with Crippen LogP contribution in [0.3, 0.4) is 0 Å². The average molecular weight is 268 g/mol. The number of fused-ring (bicyclic) bond motifs is 1. The van der Waals surface area contributed by atoms with Crippen LogP contribution in [0.1, 0.15) is 19.4 Å². The van der Waals surface area contributed by atoms with Gasteiger partial charge in [0.15, 0.2) is 0 Å². The standard InChI is InChI=1S/C15H16N4O/c1-9(2)14-18-12(15(20)19(14)3)7-10-8-17-13-11(10)5-4-6-16-13/h4-9H,1-3H3,(H,16,17). The van der Waals surface area contributed by atoms with Gasteiger partial charge in [0, 0.05) is 36.3 Å². The first-order chi connectivity index (χ1) is 9.58. The first kappa shape index (κ1) is 12.6. The normalized spacial score (nSPS) is 17.6. The van der Waals surface area contributed by atoms with Crippen molar-refractivity contribution in [2.24, 2.45) is 10.9 Å². The average Bonchev–Trinajstić information content (AvgIpc) is 2.96. The number of hydrogen-bond donors (Lipinski definition) is 1. The zero-order chi connectivity index (χ0) is 14.3. The van der Waals surface area contributed by atoms with E-state index in [1.165, 1.54) is 0 Å². The Morgan fingerprint density at radius 3 is 2.90 bits per heavy atom. The van der Waals surface area contributed by atoms with Crippen LogP contribution >= 0.6 is 0 Å². The number of nitrogens with zero attached hydrogens (tertiary/aromatic N) is 3. The Labute approximate surface area is 117 Å². The molecule has 0 spiro atoms. The van der Waals surface area contributed by atoms with E-state index in [-0.39, 0.29) is 11.8 Å². The zero-order valence-corrected chi connectivity index (χ0v) is 11.7. The molecule has 0 bridgehead atoms. The van der Waals surface area contributed by atoms with Crippen molar-refractivity contribution in [2.75, 3.05) is 7.05 Å². The highest BCUT2D eigenvalue weighted by Crippen LogP contribution is 2.23. The van der Waals surface area contributed by atoms with Gasteiger partial charge in [0.05, 0.1) is 0 Å². The van der Waals surface area contributed by atoms with Gasteiger partial charge in [0.2, 0.25) is 0 Å². The molecule has 1 aliphatic heterocycles. The van der Waals surface area contributed by atoms with Gasteiger partial charge < -0.3 is 4.98 Å². The number of pyridine rings is 1. The first-order valence-corrected chi connectivity index (χ1v) is 6.58. The maximum atomic E-state index is 12.2. The van der Waals surface area contributed by atoms with Crippen molar-refractivity contribution in [1.82, 2.24) is 14.9 Å². The van der Waals surface area contributed by atoms with E-state index in [1.807, 2.05) is 38.3 Å². The molecule has 0 saturated heterocycles. The monoisotopic (exact) mass is 268 g/mol. The highest BCUT2D eigenvalue weighted by atomic mass is 16.2. The highest BCUT2D eigenvalue weighted by molar-refractivity contribution is 6.15. The smallest absolute Gasteiger partial charge is 0.277 e. The molecule has 0 saturated carbocycles. The summed E-state index contributed by atoms with van der Waals surface area (Å²) in [5, 5.41) is 0.989. The lowest BCUT2D eigenvalue weighted by Crippen LogP contribution is -2.30. The fourth-order valence-corrected chi connectivity index (χ4v) is 2.38. The lowest BCUT2D eigenvalue weighted by molar-refractivity contribution is -0.121. The van der Waals surface area contributed by atoms with Gasteiger partial charge in [0.25, 0.3) is 5.91 Å². The van der Waals surface area contributed by atoms with E-state index in [4.69, 9.17) is 0 Å². The van der Waals surface area contributed by atoms with Crippen molar-refractivity contribution in [1.29, 1.82) is 0 Å². The lowest BCUT2D eigenvalue weighted by Gasteiger charge is -2.13. The summed E-state index contributed by atoms with van der Waals surface area (Å²) in [7, 11) is 1.76. The van der Waals surface area contributed by atoms with Crippen molar-refractivity contribution in [3.8, 4) is 0 Å². The van der Waals surface area contributed by atoms with Crippen molar-refractivity contribution in [2.45, 2.75) is 13.8 Å². The van der Waals surface area contributed by atoms with E-state index in [9.17, 15) is 4.79 Å². The third kappa shape index (κ3) is 1.91. The SMILES string of the molecule is CC(C)C1=NC(=Cc2c[nH]c3ncccc23)C(=O)N1C. The second-order valence-electron chi connectivity index (χ2n) is 5.16. The number of carbonyl (C=O) groups is 1. The van der Waals surface area contributed by atoms with Crippen LogP contribution in [0.5, 0.6) is 0 Å². The molecule has 0 atom stereocenters. The summed E-state index contributed by atoms with van der Waals surface area (Å²) in [6, 6.07) is 3.85. The van der Waals surface area contributed by atoms with Crippen LogP contribution in [0.25, 0.3) is 17.1 Å². The summed E-state index contributed by atoms with van der Waals surface area (Å²) >= 11 is 0. The summed E-state index contributed by atoms with van der Waals surface area (Å²) < 4.78 is 0. The van der Waals surface area contributed by atoms with Gasteiger partial charge in [-0.2, -0.15) is 0 Å². The summed E-state index contributed by atoms with van der Waals surface area (Å²) in [6.07, 6.45) is 5.40. The van der Waals surface area contributed by atoms with Crippen LogP contribution in [0, 0.1) is 5.92 Å². The number of carbonyl (C=O) groups excluding carboxylic acids is 1. The largest absolute Gasteiger partial charge is 0.346 e.